The van der Waals surface area contributed by atoms with Gasteiger partial charge >= 0.3 is 0 Å². The molecule has 0 spiro atoms. The Balaban J connectivity index is 1.21. The standard InChI is InChI=1S/C48H29NOS2/c1-3-11-30(12-4-1)32-19-22-39-42(27-32)50-48-35(31-13-5-2-6-14-31)24-25-41(47(39)48)49(33-21-26-45-40(28-33)37-16-8-10-18-44(37)51-45)34-20-23-38-36-15-7-9-17-43(36)52-46(38)29-34/h1-29H. The molecule has 0 N–H and O–H groups in total. The van der Waals surface area contributed by atoms with Crippen molar-refractivity contribution >= 4 is 102 Å². The SMILES string of the molecule is c1ccc(-c2ccc3c(c2)oc2c(-c4ccccc4)ccc(N(c4ccc5c(c4)sc4ccccc45)c4ccc5sc6ccccc6c5c4)c23)cc1. The van der Waals surface area contributed by atoms with E-state index in [2.05, 4.69) is 181 Å². The zero-order valence-electron chi connectivity index (χ0n) is 27.9. The van der Waals surface area contributed by atoms with E-state index in [1.54, 1.807) is 0 Å². The van der Waals surface area contributed by atoms with E-state index in [0.717, 1.165) is 55.7 Å². The molecule has 0 saturated heterocycles. The fourth-order valence-electron chi connectivity index (χ4n) is 7.84. The summed E-state index contributed by atoms with van der Waals surface area (Å²) in [6, 6.07) is 63.6. The van der Waals surface area contributed by atoms with Gasteiger partial charge in [-0.25, -0.2) is 0 Å². The minimum atomic E-state index is 0.875. The Morgan fingerprint density at radius 1 is 0.385 bits per heavy atom. The van der Waals surface area contributed by atoms with E-state index in [0.29, 0.717) is 0 Å². The van der Waals surface area contributed by atoms with Gasteiger partial charge in [0.2, 0.25) is 0 Å². The molecule has 8 aromatic carbocycles. The monoisotopic (exact) mass is 699 g/mol. The van der Waals surface area contributed by atoms with Crippen LogP contribution in [-0.4, -0.2) is 0 Å². The molecule has 0 bridgehead atoms. The second kappa shape index (κ2) is 11.7. The molecule has 0 fully saturated rings. The number of nitrogens with zero attached hydrogens (tertiary/aromatic N) is 1. The van der Waals surface area contributed by atoms with Gasteiger partial charge in [-0.05, 0) is 83.4 Å². The quantitative estimate of drug-likeness (QED) is 0.178. The van der Waals surface area contributed by atoms with E-state index >= 15 is 0 Å². The van der Waals surface area contributed by atoms with E-state index < -0.39 is 0 Å². The highest BCUT2D eigenvalue weighted by molar-refractivity contribution is 7.26. The van der Waals surface area contributed by atoms with Gasteiger partial charge in [-0.15, -0.1) is 22.7 Å². The fourth-order valence-corrected chi connectivity index (χ4v) is 10.1. The molecule has 0 aliphatic heterocycles. The number of anilines is 3. The van der Waals surface area contributed by atoms with Crippen LogP contribution in [0.2, 0.25) is 0 Å². The Hall–Kier alpha value is -6.20. The smallest absolute Gasteiger partial charge is 0.145 e. The molecular weight excluding hydrogens is 671 g/mol. The van der Waals surface area contributed by atoms with E-state index in [4.69, 9.17) is 4.42 Å². The summed E-state index contributed by atoms with van der Waals surface area (Å²) in [4.78, 5) is 2.44. The molecule has 0 amide bonds. The molecule has 3 heterocycles. The van der Waals surface area contributed by atoms with Crippen LogP contribution in [-0.2, 0) is 0 Å². The first-order chi connectivity index (χ1) is 25.8. The van der Waals surface area contributed by atoms with Crippen molar-refractivity contribution in [2.75, 3.05) is 4.90 Å². The maximum atomic E-state index is 6.97. The van der Waals surface area contributed by atoms with Crippen molar-refractivity contribution in [1.82, 2.24) is 0 Å². The summed E-state index contributed by atoms with van der Waals surface area (Å²) >= 11 is 3.70. The Morgan fingerprint density at radius 2 is 0.981 bits per heavy atom. The Morgan fingerprint density at radius 3 is 1.77 bits per heavy atom. The number of hydrogen-bond acceptors (Lipinski definition) is 4. The van der Waals surface area contributed by atoms with Gasteiger partial charge in [0.15, 0.2) is 0 Å². The lowest BCUT2D eigenvalue weighted by Gasteiger charge is -2.27. The summed E-state index contributed by atoms with van der Waals surface area (Å²) < 4.78 is 12.1. The van der Waals surface area contributed by atoms with E-state index in [9.17, 15) is 0 Å². The normalized spacial score (nSPS) is 11.8. The average Bonchev–Trinajstić information content (AvgIpc) is 3.89. The highest BCUT2D eigenvalue weighted by Gasteiger charge is 2.24. The first kappa shape index (κ1) is 29.5. The maximum Gasteiger partial charge on any atom is 0.145 e. The van der Waals surface area contributed by atoms with Crippen LogP contribution in [0.1, 0.15) is 0 Å². The Labute approximate surface area is 308 Å². The predicted molar refractivity (Wildman–Crippen MR) is 225 cm³/mol. The number of rotatable bonds is 5. The van der Waals surface area contributed by atoms with Crippen molar-refractivity contribution in [3.05, 3.63) is 176 Å². The lowest BCUT2D eigenvalue weighted by atomic mass is 9.98. The van der Waals surface area contributed by atoms with Gasteiger partial charge in [-0.1, -0.05) is 109 Å². The highest BCUT2D eigenvalue weighted by Crippen LogP contribution is 2.49. The first-order valence-corrected chi connectivity index (χ1v) is 19.1. The third-order valence-electron chi connectivity index (χ3n) is 10.3. The molecule has 0 atom stereocenters. The van der Waals surface area contributed by atoms with Crippen LogP contribution in [0.3, 0.4) is 0 Å². The lowest BCUT2D eigenvalue weighted by Crippen LogP contribution is -2.10. The van der Waals surface area contributed by atoms with Crippen LogP contribution >= 0.6 is 22.7 Å². The van der Waals surface area contributed by atoms with Crippen LogP contribution in [0, 0.1) is 0 Å². The molecule has 0 unspecified atom stereocenters. The summed E-state index contributed by atoms with van der Waals surface area (Å²) in [7, 11) is 0. The summed E-state index contributed by atoms with van der Waals surface area (Å²) in [5.74, 6) is 0. The molecule has 4 heteroatoms. The van der Waals surface area contributed by atoms with Crippen molar-refractivity contribution in [3.8, 4) is 22.3 Å². The molecule has 0 aliphatic rings. The Bertz CT molecular complexity index is 3130. The minimum Gasteiger partial charge on any atom is -0.455 e. The number of furan rings is 1. The van der Waals surface area contributed by atoms with Gasteiger partial charge in [0.25, 0.3) is 0 Å². The lowest BCUT2D eigenvalue weighted by molar-refractivity contribution is 0.670. The van der Waals surface area contributed by atoms with Gasteiger partial charge < -0.3 is 9.32 Å². The Kier molecular flexibility index (Phi) is 6.63. The van der Waals surface area contributed by atoms with Gasteiger partial charge in [-0.3, -0.25) is 0 Å². The average molecular weight is 700 g/mol. The molecule has 52 heavy (non-hydrogen) atoms. The van der Waals surface area contributed by atoms with Crippen molar-refractivity contribution in [2.24, 2.45) is 0 Å². The van der Waals surface area contributed by atoms with E-state index in [1.807, 2.05) is 22.7 Å². The van der Waals surface area contributed by atoms with E-state index in [-0.39, 0.29) is 0 Å². The minimum absolute atomic E-state index is 0.875. The molecule has 0 radical (unpaired) electrons. The first-order valence-electron chi connectivity index (χ1n) is 17.5. The van der Waals surface area contributed by atoms with Crippen LogP contribution in [0.15, 0.2) is 180 Å². The van der Waals surface area contributed by atoms with Crippen molar-refractivity contribution < 1.29 is 4.42 Å². The van der Waals surface area contributed by atoms with Crippen molar-refractivity contribution in [2.45, 2.75) is 0 Å². The van der Waals surface area contributed by atoms with Gasteiger partial charge in [-0.2, -0.15) is 0 Å². The van der Waals surface area contributed by atoms with Crippen molar-refractivity contribution in [1.29, 1.82) is 0 Å². The zero-order chi connectivity index (χ0) is 34.2. The van der Waals surface area contributed by atoms with Crippen molar-refractivity contribution in [3.63, 3.8) is 0 Å². The van der Waals surface area contributed by atoms with Crippen LogP contribution in [0.4, 0.5) is 17.1 Å². The molecule has 11 rings (SSSR count). The van der Waals surface area contributed by atoms with E-state index in [1.165, 1.54) is 45.9 Å². The summed E-state index contributed by atoms with van der Waals surface area (Å²) in [5.41, 5.74) is 9.59. The van der Waals surface area contributed by atoms with Crippen LogP contribution < -0.4 is 4.90 Å². The number of benzene rings is 8. The molecule has 3 aromatic heterocycles. The molecule has 244 valence electrons. The van der Waals surface area contributed by atoms with Crippen LogP contribution in [0.25, 0.3) is 84.5 Å². The number of hydrogen-bond donors (Lipinski definition) is 0. The molecule has 0 aliphatic carbocycles. The summed E-state index contributed by atoms with van der Waals surface area (Å²) in [5, 5.41) is 7.34. The fraction of sp³-hybridized carbons (Fsp3) is 0. The zero-order valence-corrected chi connectivity index (χ0v) is 29.5. The maximum absolute atomic E-state index is 6.97. The third kappa shape index (κ3) is 4.62. The molecule has 2 nitrogen and oxygen atoms in total. The summed E-state index contributed by atoms with van der Waals surface area (Å²) in [6.07, 6.45) is 0. The van der Waals surface area contributed by atoms with Crippen LogP contribution in [0.5, 0.6) is 0 Å². The topological polar surface area (TPSA) is 16.4 Å². The molecule has 11 aromatic rings. The van der Waals surface area contributed by atoms with Gasteiger partial charge in [0, 0.05) is 62.7 Å². The second-order valence-corrected chi connectivity index (χ2v) is 15.4. The number of thiophene rings is 2. The largest absolute Gasteiger partial charge is 0.455 e. The predicted octanol–water partition coefficient (Wildman–Crippen LogP) is 15.1. The highest BCUT2D eigenvalue weighted by atomic mass is 32.1. The van der Waals surface area contributed by atoms with Gasteiger partial charge in [0.05, 0.1) is 11.1 Å². The second-order valence-electron chi connectivity index (χ2n) is 13.3. The molecule has 0 saturated carbocycles. The van der Waals surface area contributed by atoms with Gasteiger partial charge in [0.1, 0.15) is 11.2 Å². The number of fused-ring (bicyclic) bond motifs is 9. The summed E-state index contributed by atoms with van der Waals surface area (Å²) in [6.45, 7) is 0. The third-order valence-corrected chi connectivity index (χ3v) is 12.6. The molecular formula is C48H29NOS2.